The third kappa shape index (κ3) is 5.71. The van der Waals surface area contributed by atoms with E-state index in [0.29, 0.717) is 13.0 Å². The van der Waals surface area contributed by atoms with E-state index in [2.05, 4.69) is 10.6 Å². The van der Waals surface area contributed by atoms with E-state index in [1.165, 1.54) is 23.5 Å². The number of amides is 3. The first kappa shape index (κ1) is 17.0. The quantitative estimate of drug-likeness (QED) is 0.725. The summed E-state index contributed by atoms with van der Waals surface area (Å²) in [5.41, 5.74) is 6.10. The number of hydrogen-bond donors (Lipinski definition) is 3. The number of hydrogen-bond acceptors (Lipinski definition) is 3. The molecule has 0 saturated carbocycles. The standard InChI is InChI=1S/C16H18FN3O2S/c17-12-5-3-11(4-6-12)7-8-19-15(21)10-13(20-16(18)22)14-2-1-9-23-14/h1-6,9,13H,7-8,10H2,(H,19,21)(H3,18,20,22)/t13-/m0/s1. The first-order chi connectivity index (χ1) is 11.0. The van der Waals surface area contributed by atoms with E-state index in [9.17, 15) is 14.0 Å². The van der Waals surface area contributed by atoms with E-state index in [1.807, 2.05) is 17.5 Å². The molecule has 0 spiro atoms. The van der Waals surface area contributed by atoms with Crippen LogP contribution in [0.25, 0.3) is 0 Å². The lowest BCUT2D eigenvalue weighted by Crippen LogP contribution is -2.36. The van der Waals surface area contributed by atoms with Crippen molar-refractivity contribution in [2.45, 2.75) is 18.9 Å². The monoisotopic (exact) mass is 335 g/mol. The fraction of sp³-hybridized carbons (Fsp3) is 0.250. The second-order valence-electron chi connectivity index (χ2n) is 5.01. The van der Waals surface area contributed by atoms with Crippen LogP contribution in [0.15, 0.2) is 41.8 Å². The summed E-state index contributed by atoms with van der Waals surface area (Å²) in [6.45, 7) is 0.443. The number of carbonyl (C=O) groups excluding carboxylic acids is 2. The Labute approximate surface area is 137 Å². The largest absolute Gasteiger partial charge is 0.356 e. The van der Waals surface area contributed by atoms with E-state index >= 15 is 0 Å². The van der Waals surface area contributed by atoms with E-state index < -0.39 is 12.1 Å². The lowest BCUT2D eigenvalue weighted by atomic mass is 10.1. The van der Waals surface area contributed by atoms with Gasteiger partial charge >= 0.3 is 6.03 Å². The Hall–Kier alpha value is -2.41. The molecule has 0 aliphatic heterocycles. The SMILES string of the molecule is NC(=O)N[C@@H](CC(=O)NCCc1ccc(F)cc1)c1cccs1. The van der Waals surface area contributed by atoms with Gasteiger partial charge in [-0.3, -0.25) is 4.79 Å². The Balaban J connectivity index is 1.82. The molecule has 0 aliphatic carbocycles. The molecule has 23 heavy (non-hydrogen) atoms. The van der Waals surface area contributed by atoms with Gasteiger partial charge in [0.05, 0.1) is 12.5 Å². The maximum absolute atomic E-state index is 12.8. The number of urea groups is 1. The first-order valence-corrected chi connectivity index (χ1v) is 8.03. The lowest BCUT2D eigenvalue weighted by Gasteiger charge is -2.15. The summed E-state index contributed by atoms with van der Waals surface area (Å²) in [4.78, 5) is 24.0. The third-order valence-corrected chi connectivity index (χ3v) is 4.23. The number of nitrogens with two attached hydrogens (primary N) is 1. The zero-order valence-electron chi connectivity index (χ0n) is 12.4. The summed E-state index contributed by atoms with van der Waals surface area (Å²) < 4.78 is 12.8. The van der Waals surface area contributed by atoms with Crippen LogP contribution in [0.5, 0.6) is 0 Å². The van der Waals surface area contributed by atoms with Crippen molar-refractivity contribution < 1.29 is 14.0 Å². The molecule has 0 bridgehead atoms. The molecule has 0 saturated heterocycles. The number of thiophene rings is 1. The molecular weight excluding hydrogens is 317 g/mol. The summed E-state index contributed by atoms with van der Waals surface area (Å²) in [5.74, 6) is -0.464. The number of carbonyl (C=O) groups is 2. The van der Waals surface area contributed by atoms with Crippen molar-refractivity contribution in [3.8, 4) is 0 Å². The van der Waals surface area contributed by atoms with Crippen molar-refractivity contribution in [1.82, 2.24) is 10.6 Å². The molecule has 1 aromatic heterocycles. The van der Waals surface area contributed by atoms with Gasteiger partial charge in [-0.15, -0.1) is 11.3 Å². The van der Waals surface area contributed by atoms with Crippen LogP contribution >= 0.6 is 11.3 Å². The summed E-state index contributed by atoms with van der Waals surface area (Å²) in [7, 11) is 0. The number of benzene rings is 1. The normalized spacial score (nSPS) is 11.7. The minimum atomic E-state index is -0.664. The molecule has 0 aliphatic rings. The molecule has 0 unspecified atom stereocenters. The van der Waals surface area contributed by atoms with Gasteiger partial charge in [-0.25, -0.2) is 9.18 Å². The van der Waals surface area contributed by atoms with Gasteiger partial charge in [-0.1, -0.05) is 18.2 Å². The predicted molar refractivity (Wildman–Crippen MR) is 87.5 cm³/mol. The maximum atomic E-state index is 12.8. The highest BCUT2D eigenvalue weighted by Gasteiger charge is 2.18. The zero-order valence-corrected chi connectivity index (χ0v) is 13.2. The smallest absolute Gasteiger partial charge is 0.312 e. The number of rotatable bonds is 7. The van der Waals surface area contributed by atoms with Crippen LogP contribution in [0.2, 0.25) is 0 Å². The van der Waals surface area contributed by atoms with Gasteiger partial charge in [0.1, 0.15) is 5.82 Å². The summed E-state index contributed by atoms with van der Waals surface area (Å²) in [6.07, 6.45) is 0.728. The van der Waals surface area contributed by atoms with Gasteiger partial charge in [0.2, 0.25) is 5.91 Å². The lowest BCUT2D eigenvalue weighted by molar-refractivity contribution is -0.121. The molecule has 3 amide bonds. The van der Waals surface area contributed by atoms with Crippen LogP contribution in [0, 0.1) is 5.82 Å². The minimum Gasteiger partial charge on any atom is -0.356 e. The van der Waals surface area contributed by atoms with E-state index in [-0.39, 0.29) is 18.1 Å². The minimum absolute atomic E-state index is 0.118. The fourth-order valence-electron chi connectivity index (χ4n) is 2.14. The molecule has 7 heteroatoms. The van der Waals surface area contributed by atoms with Crippen LogP contribution in [-0.2, 0) is 11.2 Å². The third-order valence-electron chi connectivity index (χ3n) is 3.24. The Morgan fingerprint density at radius 1 is 1.22 bits per heavy atom. The van der Waals surface area contributed by atoms with Crippen molar-refractivity contribution in [3.05, 3.63) is 58.0 Å². The second-order valence-corrected chi connectivity index (χ2v) is 5.99. The van der Waals surface area contributed by atoms with Gasteiger partial charge in [-0.2, -0.15) is 0 Å². The van der Waals surface area contributed by atoms with Crippen LogP contribution in [0.3, 0.4) is 0 Å². The average molecular weight is 335 g/mol. The highest BCUT2D eigenvalue weighted by atomic mass is 32.1. The van der Waals surface area contributed by atoms with Crippen molar-refractivity contribution in [1.29, 1.82) is 0 Å². The molecule has 0 fully saturated rings. The second kappa shape index (κ2) is 8.28. The topological polar surface area (TPSA) is 84.2 Å². The van der Waals surface area contributed by atoms with Crippen LogP contribution in [-0.4, -0.2) is 18.5 Å². The molecule has 1 heterocycles. The molecule has 4 N–H and O–H groups in total. The molecule has 1 aromatic carbocycles. The molecule has 122 valence electrons. The van der Waals surface area contributed by atoms with E-state index in [0.717, 1.165) is 10.4 Å². The highest BCUT2D eigenvalue weighted by Crippen LogP contribution is 2.21. The summed E-state index contributed by atoms with van der Waals surface area (Å²) in [5, 5.41) is 7.24. The maximum Gasteiger partial charge on any atom is 0.312 e. The van der Waals surface area contributed by atoms with Gasteiger partial charge in [0.15, 0.2) is 0 Å². The van der Waals surface area contributed by atoms with Gasteiger partial charge in [0, 0.05) is 11.4 Å². The molecule has 5 nitrogen and oxygen atoms in total. The Morgan fingerprint density at radius 3 is 2.57 bits per heavy atom. The molecule has 1 atom stereocenters. The van der Waals surface area contributed by atoms with Crippen molar-refractivity contribution in [3.63, 3.8) is 0 Å². The van der Waals surface area contributed by atoms with Gasteiger partial charge < -0.3 is 16.4 Å². The van der Waals surface area contributed by atoms with Crippen LogP contribution < -0.4 is 16.4 Å². The molecule has 2 rings (SSSR count). The van der Waals surface area contributed by atoms with Crippen molar-refractivity contribution in [2.75, 3.05) is 6.54 Å². The number of nitrogens with one attached hydrogen (secondary N) is 2. The van der Waals surface area contributed by atoms with Gasteiger partial charge in [-0.05, 0) is 35.6 Å². The number of primary amides is 1. The van der Waals surface area contributed by atoms with Crippen molar-refractivity contribution in [2.24, 2.45) is 5.73 Å². The molecule has 0 radical (unpaired) electrons. The van der Waals surface area contributed by atoms with Crippen LogP contribution in [0.1, 0.15) is 22.9 Å². The van der Waals surface area contributed by atoms with E-state index in [4.69, 9.17) is 5.73 Å². The van der Waals surface area contributed by atoms with Gasteiger partial charge in [0.25, 0.3) is 0 Å². The summed E-state index contributed by atoms with van der Waals surface area (Å²) in [6, 6.07) is 8.75. The fourth-order valence-corrected chi connectivity index (χ4v) is 2.92. The van der Waals surface area contributed by atoms with Crippen molar-refractivity contribution >= 4 is 23.3 Å². The average Bonchev–Trinajstić information content (AvgIpc) is 3.02. The first-order valence-electron chi connectivity index (χ1n) is 7.15. The Kier molecular flexibility index (Phi) is 6.10. The molecule has 2 aromatic rings. The Morgan fingerprint density at radius 2 is 1.96 bits per heavy atom. The Bertz CT molecular complexity index is 644. The zero-order chi connectivity index (χ0) is 16.7. The highest BCUT2D eigenvalue weighted by molar-refractivity contribution is 7.10. The number of halogens is 1. The predicted octanol–water partition coefficient (Wildman–Crippen LogP) is 2.35. The molecular formula is C16H18FN3O2S. The van der Waals surface area contributed by atoms with E-state index in [1.54, 1.807) is 12.1 Å². The van der Waals surface area contributed by atoms with Crippen LogP contribution in [0.4, 0.5) is 9.18 Å². The summed E-state index contributed by atoms with van der Waals surface area (Å²) >= 11 is 1.45.